The zero-order valence-electron chi connectivity index (χ0n) is 17.1. The number of thioether (sulfide) groups is 1. The van der Waals surface area contributed by atoms with Crippen LogP contribution in [0.3, 0.4) is 0 Å². The van der Waals surface area contributed by atoms with Gasteiger partial charge in [-0.05, 0) is 82.2 Å². The average molecular weight is 523 g/mol. The fourth-order valence-electron chi connectivity index (χ4n) is 2.81. The summed E-state index contributed by atoms with van der Waals surface area (Å²) in [5.74, 6) is -0.678. The second-order valence-corrected chi connectivity index (χ2v) is 8.56. The van der Waals surface area contributed by atoms with Crippen molar-refractivity contribution in [1.82, 2.24) is 4.90 Å². The summed E-state index contributed by atoms with van der Waals surface area (Å²) in [7, 11) is 1.57. The number of imide groups is 1. The molecule has 0 aliphatic carbocycles. The Bertz CT molecular complexity index is 1050. The highest BCUT2D eigenvalue weighted by molar-refractivity contribution is 9.10. The minimum absolute atomic E-state index is 0.240. The normalized spacial score (nSPS) is 14.8. The predicted molar refractivity (Wildman–Crippen MR) is 124 cm³/mol. The van der Waals surface area contributed by atoms with Gasteiger partial charge in [0.1, 0.15) is 11.6 Å². The summed E-state index contributed by atoms with van der Waals surface area (Å²) in [4.78, 5) is 38.2. The molecule has 0 aromatic heterocycles. The maximum Gasteiger partial charge on any atom is 0.293 e. The van der Waals surface area contributed by atoms with Crippen LogP contribution in [-0.2, 0) is 14.3 Å². The van der Waals surface area contributed by atoms with Crippen LogP contribution in [0.1, 0.15) is 12.0 Å². The van der Waals surface area contributed by atoms with E-state index in [0.717, 1.165) is 11.8 Å². The Balaban J connectivity index is 1.58. The van der Waals surface area contributed by atoms with Crippen molar-refractivity contribution in [3.05, 3.63) is 63.2 Å². The second-order valence-electron chi connectivity index (χ2n) is 6.71. The van der Waals surface area contributed by atoms with Crippen LogP contribution >= 0.6 is 27.7 Å². The number of rotatable bonds is 9. The Kier molecular flexibility index (Phi) is 8.43. The largest absolute Gasteiger partial charge is 0.483 e. The number of methoxy groups -OCH3 is 1. The number of carbonyl (C=O) groups is 3. The first-order valence-corrected chi connectivity index (χ1v) is 11.2. The molecule has 168 valence electrons. The Morgan fingerprint density at radius 3 is 2.66 bits per heavy atom. The molecule has 1 aliphatic rings. The lowest BCUT2D eigenvalue weighted by molar-refractivity contribution is -0.123. The molecule has 7 nitrogen and oxygen atoms in total. The molecule has 0 bridgehead atoms. The number of anilines is 1. The van der Waals surface area contributed by atoms with Gasteiger partial charge in [-0.2, -0.15) is 0 Å². The van der Waals surface area contributed by atoms with Crippen LogP contribution in [0.2, 0.25) is 0 Å². The van der Waals surface area contributed by atoms with Crippen LogP contribution in [0.5, 0.6) is 5.75 Å². The van der Waals surface area contributed by atoms with Crippen LogP contribution in [-0.4, -0.2) is 48.8 Å². The molecule has 0 atom stereocenters. The third-order valence-electron chi connectivity index (χ3n) is 4.34. The van der Waals surface area contributed by atoms with Crippen LogP contribution in [0.25, 0.3) is 6.08 Å². The lowest BCUT2D eigenvalue weighted by Gasteiger charge is -2.11. The van der Waals surface area contributed by atoms with E-state index in [1.807, 2.05) is 0 Å². The number of ether oxygens (including phenoxy) is 2. The number of nitrogens with zero attached hydrogens (tertiary/aromatic N) is 1. The average Bonchev–Trinajstić information content (AvgIpc) is 3.02. The molecule has 3 amide bonds. The molecule has 10 heteroatoms. The Labute approximate surface area is 197 Å². The van der Waals surface area contributed by atoms with Crippen molar-refractivity contribution in [1.29, 1.82) is 0 Å². The fourth-order valence-corrected chi connectivity index (χ4v) is 4.18. The smallest absolute Gasteiger partial charge is 0.293 e. The Morgan fingerprint density at radius 2 is 1.97 bits per heavy atom. The summed E-state index contributed by atoms with van der Waals surface area (Å²) in [6.45, 7) is 0.541. The monoisotopic (exact) mass is 522 g/mol. The highest BCUT2D eigenvalue weighted by Crippen LogP contribution is 2.34. The number of hydrogen-bond acceptors (Lipinski definition) is 6. The molecular formula is C22H20BrFN2O5S. The minimum Gasteiger partial charge on any atom is -0.483 e. The Morgan fingerprint density at radius 1 is 1.22 bits per heavy atom. The number of carbonyl (C=O) groups excluding carboxylic acids is 3. The summed E-state index contributed by atoms with van der Waals surface area (Å²) in [5, 5.41) is 2.31. The Hall–Kier alpha value is -2.69. The van der Waals surface area contributed by atoms with Gasteiger partial charge in [0.25, 0.3) is 17.1 Å². The highest BCUT2D eigenvalue weighted by Gasteiger charge is 2.34. The first-order chi connectivity index (χ1) is 15.4. The third kappa shape index (κ3) is 6.41. The van der Waals surface area contributed by atoms with Crippen LogP contribution in [0.15, 0.2) is 51.8 Å². The van der Waals surface area contributed by atoms with Gasteiger partial charge in [-0.3, -0.25) is 19.3 Å². The maximum atomic E-state index is 12.9. The summed E-state index contributed by atoms with van der Waals surface area (Å²) in [6.07, 6.45) is 2.21. The van der Waals surface area contributed by atoms with E-state index in [-0.39, 0.29) is 23.6 Å². The molecule has 0 radical (unpaired) electrons. The number of nitrogens with one attached hydrogen (secondary N) is 1. The zero-order valence-corrected chi connectivity index (χ0v) is 19.5. The second kappa shape index (κ2) is 11.3. The molecule has 0 saturated carbocycles. The number of benzene rings is 2. The van der Waals surface area contributed by atoms with Crippen molar-refractivity contribution in [2.75, 3.05) is 32.2 Å². The van der Waals surface area contributed by atoms with Crippen molar-refractivity contribution in [2.45, 2.75) is 6.42 Å². The summed E-state index contributed by atoms with van der Waals surface area (Å²) < 4.78 is 24.0. The third-order valence-corrected chi connectivity index (χ3v) is 5.87. The van der Waals surface area contributed by atoms with E-state index in [9.17, 15) is 18.8 Å². The van der Waals surface area contributed by atoms with E-state index in [2.05, 4.69) is 21.2 Å². The van der Waals surface area contributed by atoms with E-state index >= 15 is 0 Å². The molecule has 32 heavy (non-hydrogen) atoms. The van der Waals surface area contributed by atoms with Crippen molar-refractivity contribution in [3.63, 3.8) is 0 Å². The number of hydrogen-bond donors (Lipinski definition) is 1. The maximum absolute atomic E-state index is 12.9. The fraction of sp³-hybridized carbons (Fsp3) is 0.227. The van der Waals surface area contributed by atoms with Gasteiger partial charge in [-0.1, -0.05) is 6.07 Å². The van der Waals surface area contributed by atoms with E-state index in [0.29, 0.717) is 46.0 Å². The van der Waals surface area contributed by atoms with Crippen molar-refractivity contribution in [2.24, 2.45) is 0 Å². The summed E-state index contributed by atoms with van der Waals surface area (Å²) in [5.41, 5.74) is 1.16. The van der Waals surface area contributed by atoms with Crippen molar-refractivity contribution >= 4 is 56.5 Å². The molecule has 0 unspecified atom stereocenters. The number of halogens is 2. The first-order valence-electron chi connectivity index (χ1n) is 9.59. The van der Waals surface area contributed by atoms with Gasteiger partial charge in [0.15, 0.2) is 6.61 Å². The van der Waals surface area contributed by atoms with Crippen LogP contribution in [0.4, 0.5) is 14.9 Å². The van der Waals surface area contributed by atoms with Gasteiger partial charge in [0, 0.05) is 25.9 Å². The molecule has 1 aliphatic heterocycles. The molecule has 1 fully saturated rings. The number of amides is 3. The molecule has 2 aromatic carbocycles. The van der Waals surface area contributed by atoms with Gasteiger partial charge in [-0.25, -0.2) is 4.39 Å². The summed E-state index contributed by atoms with van der Waals surface area (Å²) in [6, 6.07) is 10.5. The summed E-state index contributed by atoms with van der Waals surface area (Å²) >= 11 is 4.29. The van der Waals surface area contributed by atoms with E-state index in [4.69, 9.17) is 9.47 Å². The molecule has 0 spiro atoms. The van der Waals surface area contributed by atoms with Crippen LogP contribution in [0, 0.1) is 5.82 Å². The van der Waals surface area contributed by atoms with E-state index < -0.39 is 5.91 Å². The lowest BCUT2D eigenvalue weighted by Crippen LogP contribution is -2.29. The highest BCUT2D eigenvalue weighted by atomic mass is 79.9. The lowest BCUT2D eigenvalue weighted by atomic mass is 10.2. The zero-order chi connectivity index (χ0) is 23.1. The predicted octanol–water partition coefficient (Wildman–Crippen LogP) is 4.68. The SMILES string of the molecule is COCCCN1C(=O)S/C(=C/c2ccc(OCC(=O)Nc3ccc(F)cc3)c(Br)c2)C1=O. The molecule has 1 heterocycles. The van der Waals surface area contributed by atoms with Gasteiger partial charge in [-0.15, -0.1) is 0 Å². The van der Waals surface area contributed by atoms with E-state index in [1.54, 1.807) is 31.4 Å². The van der Waals surface area contributed by atoms with Gasteiger partial charge < -0.3 is 14.8 Å². The van der Waals surface area contributed by atoms with Gasteiger partial charge in [0.2, 0.25) is 0 Å². The van der Waals surface area contributed by atoms with Crippen molar-refractivity contribution in [3.8, 4) is 5.75 Å². The van der Waals surface area contributed by atoms with Crippen molar-refractivity contribution < 1.29 is 28.2 Å². The molecule has 3 rings (SSSR count). The molecule has 2 aromatic rings. The minimum atomic E-state index is -0.394. The van der Waals surface area contributed by atoms with Gasteiger partial charge >= 0.3 is 0 Å². The van der Waals surface area contributed by atoms with E-state index in [1.165, 1.54) is 29.2 Å². The van der Waals surface area contributed by atoms with Crippen LogP contribution < -0.4 is 10.1 Å². The van der Waals surface area contributed by atoms with Gasteiger partial charge in [0.05, 0.1) is 9.38 Å². The standard InChI is InChI=1S/C22H20BrFN2O5S/c1-30-10-2-9-26-21(28)19(32-22(26)29)12-14-3-8-18(17(23)11-14)31-13-20(27)25-16-6-4-15(24)5-7-16/h3-8,11-12H,2,9-10,13H2,1H3,(H,25,27)/b19-12+. The molecule has 1 saturated heterocycles. The molecular weight excluding hydrogens is 503 g/mol. The quantitative estimate of drug-likeness (QED) is 0.380. The first kappa shape index (κ1) is 24.0. The molecule has 1 N–H and O–H groups in total. The topological polar surface area (TPSA) is 84.9 Å².